The minimum absolute atomic E-state index is 0.0152. The molecule has 0 bridgehead atoms. The number of nitrogen functional groups attached to an aromatic ring is 1. The van der Waals surface area contributed by atoms with Gasteiger partial charge in [0.05, 0.1) is 4.92 Å². The summed E-state index contributed by atoms with van der Waals surface area (Å²) in [5.41, 5.74) is 7.85. The molecule has 3 N–H and O–H groups in total. The average molecular weight is 321 g/mol. The highest BCUT2D eigenvalue weighted by atomic mass is 16.6. The van der Waals surface area contributed by atoms with Crippen LogP contribution in [0.5, 0.6) is 0 Å². The van der Waals surface area contributed by atoms with Gasteiger partial charge in [-0.25, -0.2) is 4.98 Å². The lowest BCUT2D eigenvalue weighted by Gasteiger charge is -2.09. The Balaban J connectivity index is 1.94. The van der Waals surface area contributed by atoms with Gasteiger partial charge in [0.2, 0.25) is 0 Å². The van der Waals surface area contributed by atoms with Crippen LogP contribution in [0.2, 0.25) is 0 Å². The van der Waals surface area contributed by atoms with Crippen LogP contribution in [0.15, 0.2) is 60.9 Å². The summed E-state index contributed by atoms with van der Waals surface area (Å²) in [6, 6.07) is 13.8. The van der Waals surface area contributed by atoms with Crippen molar-refractivity contribution >= 4 is 11.5 Å². The molecule has 3 aromatic rings. The smallest absolute Gasteiger partial charge is 0.270 e. The minimum Gasteiger partial charge on any atom is -0.384 e. The van der Waals surface area contributed by atoms with Gasteiger partial charge in [-0.1, -0.05) is 30.3 Å². The fourth-order valence-corrected chi connectivity index (χ4v) is 2.49. The molecule has 3 rings (SSSR count). The molecule has 0 amide bonds. The second-order valence-electron chi connectivity index (χ2n) is 5.30. The Bertz CT molecular complexity index is 917. The van der Waals surface area contributed by atoms with Crippen molar-refractivity contribution in [2.75, 3.05) is 0 Å². The molecule has 120 valence electrons. The number of nitro groups is 1. The van der Waals surface area contributed by atoms with Gasteiger partial charge in [-0.3, -0.25) is 15.5 Å². The molecule has 2 aromatic carbocycles. The zero-order valence-electron chi connectivity index (χ0n) is 12.7. The molecule has 0 fully saturated rings. The molecule has 0 saturated heterocycles. The molecule has 0 aliphatic rings. The van der Waals surface area contributed by atoms with Gasteiger partial charge in [0, 0.05) is 42.2 Å². The fourth-order valence-electron chi connectivity index (χ4n) is 2.49. The van der Waals surface area contributed by atoms with Crippen LogP contribution in [0.4, 0.5) is 5.69 Å². The second kappa shape index (κ2) is 6.33. The van der Waals surface area contributed by atoms with Crippen LogP contribution in [0, 0.1) is 15.5 Å². The number of benzene rings is 2. The standard InChI is InChI=1S/C17H15N5O2/c18-16(19)13-4-1-3-12(9-13)11-21-8-7-20-17(21)14-5-2-6-15(10-14)22(23)24/h1-10H,11H2,(H3,18,19). The lowest BCUT2D eigenvalue weighted by molar-refractivity contribution is -0.384. The highest BCUT2D eigenvalue weighted by Crippen LogP contribution is 2.23. The van der Waals surface area contributed by atoms with Gasteiger partial charge < -0.3 is 10.3 Å². The number of nitrogens with zero attached hydrogens (tertiary/aromatic N) is 3. The van der Waals surface area contributed by atoms with Crippen molar-refractivity contribution in [1.29, 1.82) is 5.41 Å². The molecular formula is C17H15N5O2. The van der Waals surface area contributed by atoms with Crippen LogP contribution in [-0.4, -0.2) is 20.3 Å². The molecule has 24 heavy (non-hydrogen) atoms. The Hall–Kier alpha value is -3.48. The van der Waals surface area contributed by atoms with Crippen molar-refractivity contribution < 1.29 is 4.92 Å². The van der Waals surface area contributed by atoms with Gasteiger partial charge >= 0.3 is 0 Å². The first kappa shape index (κ1) is 15.4. The zero-order valence-corrected chi connectivity index (χ0v) is 12.7. The van der Waals surface area contributed by atoms with Gasteiger partial charge in [-0.2, -0.15) is 0 Å². The zero-order chi connectivity index (χ0) is 17.1. The minimum atomic E-state index is -0.423. The molecule has 7 heteroatoms. The molecule has 0 saturated carbocycles. The van der Waals surface area contributed by atoms with E-state index in [4.69, 9.17) is 11.1 Å². The number of amidine groups is 1. The van der Waals surface area contributed by atoms with Crippen LogP contribution in [-0.2, 0) is 6.54 Å². The summed E-state index contributed by atoms with van der Waals surface area (Å²) in [5.74, 6) is 0.660. The first-order valence-electron chi connectivity index (χ1n) is 7.24. The van der Waals surface area contributed by atoms with E-state index >= 15 is 0 Å². The van der Waals surface area contributed by atoms with E-state index < -0.39 is 4.92 Å². The quantitative estimate of drug-likeness (QED) is 0.326. The van der Waals surface area contributed by atoms with E-state index in [0.29, 0.717) is 23.5 Å². The van der Waals surface area contributed by atoms with E-state index in [2.05, 4.69) is 4.98 Å². The Morgan fingerprint density at radius 3 is 2.79 bits per heavy atom. The van der Waals surface area contributed by atoms with Crippen LogP contribution < -0.4 is 5.73 Å². The van der Waals surface area contributed by atoms with Crippen LogP contribution in [0.25, 0.3) is 11.4 Å². The molecule has 0 aliphatic heterocycles. The molecule has 1 aromatic heterocycles. The maximum Gasteiger partial charge on any atom is 0.270 e. The summed E-state index contributed by atoms with van der Waals surface area (Å²) in [4.78, 5) is 14.8. The molecule has 7 nitrogen and oxygen atoms in total. The van der Waals surface area contributed by atoms with E-state index in [1.54, 1.807) is 24.4 Å². The van der Waals surface area contributed by atoms with Crippen molar-refractivity contribution in [1.82, 2.24) is 9.55 Å². The lowest BCUT2D eigenvalue weighted by Crippen LogP contribution is -2.11. The van der Waals surface area contributed by atoms with E-state index in [1.807, 2.05) is 29.0 Å². The second-order valence-corrected chi connectivity index (χ2v) is 5.30. The van der Waals surface area contributed by atoms with Crippen molar-refractivity contribution in [3.05, 3.63) is 82.2 Å². The summed E-state index contributed by atoms with van der Waals surface area (Å²) in [7, 11) is 0. The van der Waals surface area contributed by atoms with Crippen molar-refractivity contribution in [2.45, 2.75) is 6.54 Å². The average Bonchev–Trinajstić information content (AvgIpc) is 3.03. The summed E-state index contributed by atoms with van der Waals surface area (Å²) >= 11 is 0. The predicted octanol–water partition coefficient (Wildman–Crippen LogP) is 2.79. The highest BCUT2D eigenvalue weighted by Gasteiger charge is 2.11. The molecule has 0 aliphatic carbocycles. The Morgan fingerprint density at radius 1 is 1.25 bits per heavy atom. The number of nitro benzene ring substituents is 1. The largest absolute Gasteiger partial charge is 0.384 e. The maximum absolute atomic E-state index is 10.9. The third kappa shape index (κ3) is 3.14. The van der Waals surface area contributed by atoms with Gasteiger partial charge in [-0.15, -0.1) is 0 Å². The van der Waals surface area contributed by atoms with E-state index in [9.17, 15) is 10.1 Å². The first-order valence-corrected chi connectivity index (χ1v) is 7.24. The first-order chi connectivity index (χ1) is 11.5. The lowest BCUT2D eigenvalue weighted by atomic mass is 10.1. The Labute approximate surface area is 138 Å². The highest BCUT2D eigenvalue weighted by molar-refractivity contribution is 5.95. The van der Waals surface area contributed by atoms with E-state index in [1.165, 1.54) is 12.1 Å². The van der Waals surface area contributed by atoms with Crippen LogP contribution in [0.1, 0.15) is 11.1 Å². The van der Waals surface area contributed by atoms with E-state index in [0.717, 1.165) is 5.56 Å². The molecule has 1 heterocycles. The number of non-ortho nitro benzene ring substituents is 1. The topological polar surface area (TPSA) is 111 Å². The SMILES string of the molecule is N=C(N)c1cccc(Cn2ccnc2-c2cccc([N+](=O)[O-])c2)c1. The molecule has 0 atom stereocenters. The summed E-state index contributed by atoms with van der Waals surface area (Å²) in [5, 5.41) is 18.5. The monoisotopic (exact) mass is 321 g/mol. The third-order valence-corrected chi connectivity index (χ3v) is 3.62. The number of hydrogen-bond donors (Lipinski definition) is 2. The van der Waals surface area contributed by atoms with Gasteiger partial charge in [-0.05, 0) is 11.6 Å². The third-order valence-electron chi connectivity index (χ3n) is 3.62. The van der Waals surface area contributed by atoms with Crippen molar-refractivity contribution in [3.8, 4) is 11.4 Å². The number of hydrogen-bond acceptors (Lipinski definition) is 4. The molecule has 0 spiro atoms. The van der Waals surface area contributed by atoms with Gasteiger partial charge in [0.1, 0.15) is 11.7 Å². The summed E-state index contributed by atoms with van der Waals surface area (Å²) < 4.78 is 1.90. The normalized spacial score (nSPS) is 10.5. The van der Waals surface area contributed by atoms with Crippen LogP contribution >= 0.6 is 0 Å². The molecule has 0 unspecified atom stereocenters. The number of nitrogens with two attached hydrogens (primary N) is 1. The maximum atomic E-state index is 10.9. The predicted molar refractivity (Wildman–Crippen MR) is 90.9 cm³/mol. The Kier molecular flexibility index (Phi) is 4.07. The van der Waals surface area contributed by atoms with Crippen LogP contribution in [0.3, 0.4) is 0 Å². The van der Waals surface area contributed by atoms with Gasteiger partial charge in [0.25, 0.3) is 5.69 Å². The number of rotatable bonds is 5. The van der Waals surface area contributed by atoms with Crippen molar-refractivity contribution in [2.24, 2.45) is 5.73 Å². The fraction of sp³-hybridized carbons (Fsp3) is 0.0588. The molecular weight excluding hydrogens is 306 g/mol. The van der Waals surface area contributed by atoms with Gasteiger partial charge in [0.15, 0.2) is 0 Å². The van der Waals surface area contributed by atoms with E-state index in [-0.39, 0.29) is 11.5 Å². The summed E-state index contributed by atoms with van der Waals surface area (Å²) in [6.07, 6.45) is 3.47. The Morgan fingerprint density at radius 2 is 2.04 bits per heavy atom. The summed E-state index contributed by atoms with van der Waals surface area (Å²) in [6.45, 7) is 0.527. The number of imidazole rings is 1. The van der Waals surface area contributed by atoms with Crippen molar-refractivity contribution in [3.63, 3.8) is 0 Å². The number of aromatic nitrogens is 2. The number of nitrogens with one attached hydrogen (secondary N) is 1. The molecule has 0 radical (unpaired) electrons.